The molecule has 0 aliphatic heterocycles. The number of rotatable bonds is 6. The molecule has 1 aromatic carbocycles. The fourth-order valence-electron chi connectivity index (χ4n) is 1.30. The van der Waals surface area contributed by atoms with E-state index in [1.807, 2.05) is 18.2 Å². The molecule has 0 radical (unpaired) electrons. The third-order valence-corrected chi connectivity index (χ3v) is 2.17. The van der Waals surface area contributed by atoms with Crippen LogP contribution in [0.2, 0.25) is 0 Å². The van der Waals surface area contributed by atoms with Crippen LogP contribution in [0, 0.1) is 0 Å². The molecule has 1 aromatic rings. The summed E-state index contributed by atoms with van der Waals surface area (Å²) in [4.78, 5) is 0. The maximum absolute atomic E-state index is 8.58. The van der Waals surface area contributed by atoms with Crippen molar-refractivity contribution in [2.24, 2.45) is 5.10 Å². The summed E-state index contributed by atoms with van der Waals surface area (Å²) in [5, 5.41) is 12.7. The molecule has 0 fully saturated rings. The van der Waals surface area contributed by atoms with Crippen molar-refractivity contribution >= 4 is 11.9 Å². The van der Waals surface area contributed by atoms with Crippen molar-refractivity contribution in [1.82, 2.24) is 0 Å². The van der Waals surface area contributed by atoms with E-state index in [-0.39, 0.29) is 6.61 Å². The first-order valence-corrected chi connectivity index (χ1v) is 5.34. The highest BCUT2D eigenvalue weighted by Crippen LogP contribution is 2.14. The summed E-state index contributed by atoms with van der Waals surface area (Å²) in [5.74, 6) is 0. The van der Waals surface area contributed by atoms with Crippen LogP contribution in [0.5, 0.6) is 0 Å². The molecule has 0 spiro atoms. The van der Waals surface area contributed by atoms with Gasteiger partial charge < -0.3 is 5.11 Å². The number of aryl methyl sites for hydroxylation is 1. The summed E-state index contributed by atoms with van der Waals surface area (Å²) in [6, 6.07) is 8.12. The molecular weight excluding hydrogens is 188 g/mol. The van der Waals surface area contributed by atoms with Crippen molar-refractivity contribution in [3.63, 3.8) is 0 Å². The Bertz CT molecular complexity index is 310. The first-order chi connectivity index (χ1) is 7.38. The molecule has 3 nitrogen and oxygen atoms in total. The molecule has 0 heterocycles. The fourth-order valence-corrected chi connectivity index (χ4v) is 1.30. The highest BCUT2D eigenvalue weighted by atomic mass is 16.2. The average Bonchev–Trinajstić information content (AvgIpc) is 2.29. The number of anilines is 1. The molecule has 0 unspecified atom stereocenters. The zero-order chi connectivity index (χ0) is 10.9. The Hall–Kier alpha value is -1.35. The van der Waals surface area contributed by atoms with Crippen LogP contribution in [0.25, 0.3) is 0 Å². The predicted molar refractivity (Wildman–Crippen MR) is 64.3 cm³/mol. The van der Waals surface area contributed by atoms with Crippen LogP contribution >= 0.6 is 0 Å². The van der Waals surface area contributed by atoms with Gasteiger partial charge in [-0.1, -0.05) is 25.1 Å². The lowest BCUT2D eigenvalue weighted by atomic mass is 10.1. The van der Waals surface area contributed by atoms with Gasteiger partial charge in [-0.3, -0.25) is 5.43 Å². The first-order valence-electron chi connectivity index (χ1n) is 5.34. The van der Waals surface area contributed by atoms with E-state index < -0.39 is 0 Å². The molecule has 82 valence electrons. The summed E-state index contributed by atoms with van der Waals surface area (Å²) in [7, 11) is 0. The number of unbranched alkanes of at least 4 members (excludes halogenated alkanes) is 1. The fraction of sp³-hybridized carbons (Fsp3) is 0.417. The zero-order valence-corrected chi connectivity index (χ0v) is 9.11. The van der Waals surface area contributed by atoms with Crippen molar-refractivity contribution in [3.8, 4) is 0 Å². The summed E-state index contributed by atoms with van der Waals surface area (Å²) in [6.07, 6.45) is 4.36. The number of hydrogen-bond acceptors (Lipinski definition) is 3. The monoisotopic (exact) mass is 206 g/mol. The largest absolute Gasteiger partial charge is 0.396 e. The molecule has 0 aliphatic rings. The number of aliphatic hydroxyl groups is 1. The third-order valence-electron chi connectivity index (χ3n) is 2.17. The highest BCUT2D eigenvalue weighted by molar-refractivity contribution is 5.60. The van der Waals surface area contributed by atoms with Crippen LogP contribution in [-0.2, 0) is 6.42 Å². The molecular formula is C12H18N2O. The molecule has 15 heavy (non-hydrogen) atoms. The highest BCUT2D eigenvalue weighted by Gasteiger charge is 1.95. The molecule has 0 saturated carbocycles. The number of benzene rings is 1. The summed E-state index contributed by atoms with van der Waals surface area (Å²) < 4.78 is 0. The molecule has 0 saturated heterocycles. The summed E-state index contributed by atoms with van der Waals surface area (Å²) in [6.45, 7) is 2.34. The number of hydrazone groups is 1. The Balaban J connectivity index is 2.46. The van der Waals surface area contributed by atoms with Gasteiger partial charge >= 0.3 is 0 Å². The smallest absolute Gasteiger partial charge is 0.0593 e. The number of aliphatic hydroxyl groups excluding tert-OH is 1. The number of para-hydroxylation sites is 1. The Morgan fingerprint density at radius 2 is 2.20 bits per heavy atom. The average molecular weight is 206 g/mol. The van der Waals surface area contributed by atoms with E-state index >= 15 is 0 Å². The van der Waals surface area contributed by atoms with Crippen LogP contribution in [0.3, 0.4) is 0 Å². The van der Waals surface area contributed by atoms with Gasteiger partial charge in [-0.05, 0) is 30.9 Å². The molecule has 0 atom stereocenters. The van der Waals surface area contributed by atoms with Gasteiger partial charge in [-0.25, -0.2) is 0 Å². The Morgan fingerprint density at radius 3 is 2.93 bits per heavy atom. The maximum atomic E-state index is 8.58. The van der Waals surface area contributed by atoms with Gasteiger partial charge in [0.1, 0.15) is 0 Å². The zero-order valence-electron chi connectivity index (χ0n) is 9.11. The van der Waals surface area contributed by atoms with Gasteiger partial charge in [0.15, 0.2) is 0 Å². The lowest BCUT2D eigenvalue weighted by molar-refractivity contribution is 0.291. The molecule has 1 rings (SSSR count). The van der Waals surface area contributed by atoms with Gasteiger partial charge in [-0.15, -0.1) is 0 Å². The van der Waals surface area contributed by atoms with Crippen LogP contribution in [0.1, 0.15) is 25.3 Å². The third kappa shape index (κ3) is 4.13. The van der Waals surface area contributed by atoms with Gasteiger partial charge in [0.05, 0.1) is 5.69 Å². The van der Waals surface area contributed by atoms with Crippen molar-refractivity contribution in [1.29, 1.82) is 0 Å². The quantitative estimate of drug-likeness (QED) is 0.426. The van der Waals surface area contributed by atoms with Crippen LogP contribution < -0.4 is 5.43 Å². The second kappa shape index (κ2) is 7.01. The Kier molecular flexibility index (Phi) is 5.48. The van der Waals surface area contributed by atoms with Crippen LogP contribution in [0.4, 0.5) is 5.69 Å². The van der Waals surface area contributed by atoms with Crippen LogP contribution in [-0.4, -0.2) is 17.9 Å². The van der Waals surface area contributed by atoms with Crippen molar-refractivity contribution in [2.45, 2.75) is 26.2 Å². The molecule has 0 aromatic heterocycles. The lowest BCUT2D eigenvalue weighted by Crippen LogP contribution is -1.94. The van der Waals surface area contributed by atoms with Gasteiger partial charge in [-0.2, -0.15) is 5.10 Å². The number of nitrogens with one attached hydrogen (secondary N) is 1. The molecule has 0 bridgehead atoms. The van der Waals surface area contributed by atoms with Crippen molar-refractivity contribution in [3.05, 3.63) is 29.8 Å². The normalized spacial score (nSPS) is 10.8. The second-order valence-corrected chi connectivity index (χ2v) is 3.30. The van der Waals surface area contributed by atoms with E-state index in [0.29, 0.717) is 0 Å². The first kappa shape index (κ1) is 11.7. The van der Waals surface area contributed by atoms with E-state index in [1.165, 1.54) is 5.56 Å². The standard InChI is InChI=1S/C12H18N2O/c1-2-11-7-3-4-8-12(11)14-13-9-5-6-10-15/h3-4,7-9,14-15H,2,5-6,10H2,1H3. The molecule has 0 amide bonds. The molecule has 0 aliphatic carbocycles. The second-order valence-electron chi connectivity index (χ2n) is 3.30. The predicted octanol–water partition coefficient (Wildman–Crippen LogP) is 2.42. The van der Waals surface area contributed by atoms with E-state index in [4.69, 9.17) is 5.11 Å². The van der Waals surface area contributed by atoms with Crippen molar-refractivity contribution < 1.29 is 5.11 Å². The minimum Gasteiger partial charge on any atom is -0.396 e. The minimum absolute atomic E-state index is 0.220. The van der Waals surface area contributed by atoms with E-state index in [1.54, 1.807) is 6.21 Å². The van der Waals surface area contributed by atoms with E-state index in [2.05, 4.69) is 23.5 Å². The van der Waals surface area contributed by atoms with E-state index in [0.717, 1.165) is 24.9 Å². The van der Waals surface area contributed by atoms with Crippen molar-refractivity contribution in [2.75, 3.05) is 12.0 Å². The summed E-state index contributed by atoms with van der Waals surface area (Å²) >= 11 is 0. The minimum atomic E-state index is 0.220. The number of hydrogen-bond donors (Lipinski definition) is 2. The van der Waals surface area contributed by atoms with Gasteiger partial charge in [0.25, 0.3) is 0 Å². The lowest BCUT2D eigenvalue weighted by Gasteiger charge is -2.05. The SMILES string of the molecule is CCc1ccccc1NN=CCCCO. The molecule has 2 N–H and O–H groups in total. The van der Waals surface area contributed by atoms with Gasteiger partial charge in [0.2, 0.25) is 0 Å². The Morgan fingerprint density at radius 1 is 1.40 bits per heavy atom. The van der Waals surface area contributed by atoms with E-state index in [9.17, 15) is 0 Å². The number of nitrogens with zero attached hydrogens (tertiary/aromatic N) is 1. The van der Waals surface area contributed by atoms with Gasteiger partial charge in [0, 0.05) is 12.8 Å². The topological polar surface area (TPSA) is 44.6 Å². The van der Waals surface area contributed by atoms with Crippen LogP contribution in [0.15, 0.2) is 29.4 Å². The molecule has 3 heteroatoms. The summed E-state index contributed by atoms with van der Waals surface area (Å²) in [5.41, 5.74) is 5.33. The maximum Gasteiger partial charge on any atom is 0.0593 e. The Labute approximate surface area is 90.8 Å².